The second-order valence-corrected chi connectivity index (χ2v) is 4.23. The molecule has 94 valence electrons. The van der Waals surface area contributed by atoms with Crippen LogP contribution < -0.4 is 0 Å². The summed E-state index contributed by atoms with van der Waals surface area (Å²) in [7, 11) is 0. The number of carbonyl (C=O) groups is 1. The molecule has 4 heteroatoms. The molecule has 0 radical (unpaired) electrons. The third kappa shape index (κ3) is 2.47. The predicted molar refractivity (Wildman–Crippen MR) is 71.7 cm³/mol. The number of benzene rings is 2. The van der Waals surface area contributed by atoms with Crippen molar-refractivity contribution in [1.29, 1.82) is 0 Å². The maximum Gasteiger partial charge on any atom is 0.338 e. The number of rotatable bonds is 3. The number of nitrogens with one attached hydrogen (secondary N) is 1. The number of aromatic nitrogens is 2. The standard InChI is InChI=1S/C15H12N2O2/c18-15(19-10-11-4-2-1-3-5-11)12-6-7-13-9-16-17-14(13)8-12/h1-9H,10H2,(H,16,17). The molecule has 3 rings (SSSR count). The Kier molecular flexibility index (Phi) is 2.98. The molecule has 0 aliphatic rings. The molecule has 0 unspecified atom stereocenters. The zero-order chi connectivity index (χ0) is 13.1. The van der Waals surface area contributed by atoms with Gasteiger partial charge < -0.3 is 4.74 Å². The first-order chi connectivity index (χ1) is 9.33. The van der Waals surface area contributed by atoms with E-state index < -0.39 is 0 Å². The van der Waals surface area contributed by atoms with Crippen LogP contribution in [0.3, 0.4) is 0 Å². The Hall–Kier alpha value is -2.62. The average Bonchev–Trinajstić information content (AvgIpc) is 2.93. The highest BCUT2D eigenvalue weighted by molar-refractivity contribution is 5.94. The molecule has 0 saturated heterocycles. The summed E-state index contributed by atoms with van der Waals surface area (Å²) in [6.07, 6.45) is 1.72. The normalized spacial score (nSPS) is 10.5. The van der Waals surface area contributed by atoms with Gasteiger partial charge in [-0.05, 0) is 17.7 Å². The molecule has 0 aliphatic carbocycles. The van der Waals surface area contributed by atoms with E-state index in [1.807, 2.05) is 36.4 Å². The molecule has 19 heavy (non-hydrogen) atoms. The average molecular weight is 252 g/mol. The summed E-state index contributed by atoms with van der Waals surface area (Å²) in [5, 5.41) is 7.72. The zero-order valence-corrected chi connectivity index (χ0v) is 10.2. The van der Waals surface area contributed by atoms with Crippen molar-refractivity contribution in [2.24, 2.45) is 0 Å². The van der Waals surface area contributed by atoms with Crippen LogP contribution >= 0.6 is 0 Å². The number of fused-ring (bicyclic) bond motifs is 1. The monoisotopic (exact) mass is 252 g/mol. The van der Waals surface area contributed by atoms with Crippen molar-refractivity contribution in [1.82, 2.24) is 10.2 Å². The second-order valence-electron chi connectivity index (χ2n) is 4.23. The number of H-pyrrole nitrogens is 1. The highest BCUT2D eigenvalue weighted by Crippen LogP contribution is 2.14. The lowest BCUT2D eigenvalue weighted by Crippen LogP contribution is -2.05. The minimum atomic E-state index is -0.333. The predicted octanol–water partition coefficient (Wildman–Crippen LogP) is 2.92. The molecule has 1 N–H and O–H groups in total. The molecule has 0 aliphatic heterocycles. The summed E-state index contributed by atoms with van der Waals surface area (Å²) < 4.78 is 5.27. The Bertz CT molecular complexity index is 704. The summed E-state index contributed by atoms with van der Waals surface area (Å²) in [6.45, 7) is 0.278. The Morgan fingerprint density at radius 2 is 2.00 bits per heavy atom. The lowest BCUT2D eigenvalue weighted by molar-refractivity contribution is 0.0473. The topological polar surface area (TPSA) is 55.0 Å². The van der Waals surface area contributed by atoms with Crippen LogP contribution in [-0.4, -0.2) is 16.2 Å². The molecule has 1 aromatic heterocycles. The molecule has 1 heterocycles. The number of ether oxygens (including phenoxy) is 1. The second kappa shape index (κ2) is 4.94. The molecule has 0 atom stereocenters. The summed E-state index contributed by atoms with van der Waals surface area (Å²) in [6, 6.07) is 14.9. The molecule has 2 aromatic carbocycles. The molecular formula is C15H12N2O2. The van der Waals surface area contributed by atoms with E-state index >= 15 is 0 Å². The summed E-state index contributed by atoms with van der Waals surface area (Å²) in [5.41, 5.74) is 2.32. The zero-order valence-electron chi connectivity index (χ0n) is 10.2. The van der Waals surface area contributed by atoms with Crippen LogP contribution in [0.4, 0.5) is 0 Å². The fourth-order valence-electron chi connectivity index (χ4n) is 1.87. The van der Waals surface area contributed by atoms with Gasteiger partial charge in [-0.2, -0.15) is 5.10 Å². The third-order valence-corrected chi connectivity index (χ3v) is 2.89. The Morgan fingerprint density at radius 1 is 1.16 bits per heavy atom. The van der Waals surface area contributed by atoms with Gasteiger partial charge >= 0.3 is 5.97 Å². The largest absolute Gasteiger partial charge is 0.457 e. The van der Waals surface area contributed by atoms with Crippen LogP contribution in [0.5, 0.6) is 0 Å². The van der Waals surface area contributed by atoms with Gasteiger partial charge in [-0.15, -0.1) is 0 Å². The van der Waals surface area contributed by atoms with Crippen LogP contribution in [0, 0.1) is 0 Å². The Balaban J connectivity index is 1.73. The van der Waals surface area contributed by atoms with Crippen LogP contribution in [0.1, 0.15) is 15.9 Å². The van der Waals surface area contributed by atoms with Gasteiger partial charge in [0.05, 0.1) is 17.3 Å². The van der Waals surface area contributed by atoms with E-state index in [4.69, 9.17) is 4.74 Å². The van der Waals surface area contributed by atoms with Crippen molar-refractivity contribution in [2.75, 3.05) is 0 Å². The molecule has 4 nitrogen and oxygen atoms in total. The minimum Gasteiger partial charge on any atom is -0.457 e. The van der Waals surface area contributed by atoms with Gasteiger partial charge in [0.25, 0.3) is 0 Å². The van der Waals surface area contributed by atoms with Crippen molar-refractivity contribution < 1.29 is 9.53 Å². The van der Waals surface area contributed by atoms with Gasteiger partial charge in [-0.25, -0.2) is 4.79 Å². The SMILES string of the molecule is O=C(OCc1ccccc1)c1ccc2cn[nH]c2c1. The summed E-state index contributed by atoms with van der Waals surface area (Å²) >= 11 is 0. The number of aromatic amines is 1. The quantitative estimate of drug-likeness (QED) is 0.729. The molecule has 3 aromatic rings. The van der Waals surface area contributed by atoms with E-state index in [-0.39, 0.29) is 12.6 Å². The van der Waals surface area contributed by atoms with Crippen molar-refractivity contribution in [3.05, 3.63) is 65.9 Å². The van der Waals surface area contributed by atoms with Crippen LogP contribution in [-0.2, 0) is 11.3 Å². The minimum absolute atomic E-state index is 0.278. The smallest absolute Gasteiger partial charge is 0.338 e. The van der Waals surface area contributed by atoms with Crippen molar-refractivity contribution in [2.45, 2.75) is 6.61 Å². The summed E-state index contributed by atoms with van der Waals surface area (Å²) in [4.78, 5) is 11.9. The van der Waals surface area contributed by atoms with Crippen LogP contribution in [0.25, 0.3) is 10.9 Å². The molecule has 0 saturated carbocycles. The number of hydrogen-bond acceptors (Lipinski definition) is 3. The van der Waals surface area contributed by atoms with Gasteiger partial charge in [-0.1, -0.05) is 36.4 Å². The van der Waals surface area contributed by atoms with E-state index in [2.05, 4.69) is 10.2 Å². The maximum absolute atomic E-state index is 11.9. The fourth-order valence-corrected chi connectivity index (χ4v) is 1.87. The van der Waals surface area contributed by atoms with Gasteiger partial charge in [0.2, 0.25) is 0 Å². The van der Waals surface area contributed by atoms with Crippen molar-refractivity contribution in [3.8, 4) is 0 Å². The highest BCUT2D eigenvalue weighted by atomic mass is 16.5. The van der Waals surface area contributed by atoms with Gasteiger partial charge in [0.1, 0.15) is 6.61 Å². The number of hydrogen-bond donors (Lipinski definition) is 1. The maximum atomic E-state index is 11.9. The molecular weight excluding hydrogens is 240 g/mol. The molecule has 0 amide bonds. The van der Waals surface area contributed by atoms with Gasteiger partial charge in [0.15, 0.2) is 0 Å². The molecule has 0 bridgehead atoms. The Labute approximate surface area is 110 Å². The first kappa shape index (κ1) is 11.5. The van der Waals surface area contributed by atoms with E-state index in [1.165, 1.54) is 0 Å². The summed E-state index contributed by atoms with van der Waals surface area (Å²) in [5.74, 6) is -0.333. The van der Waals surface area contributed by atoms with E-state index in [9.17, 15) is 4.79 Å². The van der Waals surface area contributed by atoms with E-state index in [0.717, 1.165) is 16.5 Å². The molecule has 0 fully saturated rings. The van der Waals surface area contributed by atoms with Crippen molar-refractivity contribution in [3.63, 3.8) is 0 Å². The van der Waals surface area contributed by atoms with E-state index in [1.54, 1.807) is 18.3 Å². The van der Waals surface area contributed by atoms with Gasteiger partial charge in [0, 0.05) is 5.39 Å². The fraction of sp³-hybridized carbons (Fsp3) is 0.0667. The van der Waals surface area contributed by atoms with Crippen LogP contribution in [0.15, 0.2) is 54.7 Å². The van der Waals surface area contributed by atoms with Gasteiger partial charge in [-0.3, -0.25) is 5.10 Å². The number of nitrogens with zero attached hydrogens (tertiary/aromatic N) is 1. The first-order valence-electron chi connectivity index (χ1n) is 5.97. The lowest BCUT2D eigenvalue weighted by Gasteiger charge is -2.04. The van der Waals surface area contributed by atoms with Crippen LogP contribution in [0.2, 0.25) is 0 Å². The lowest BCUT2D eigenvalue weighted by atomic mass is 10.2. The van der Waals surface area contributed by atoms with E-state index in [0.29, 0.717) is 5.56 Å². The Morgan fingerprint density at radius 3 is 2.84 bits per heavy atom. The third-order valence-electron chi connectivity index (χ3n) is 2.89. The number of carbonyl (C=O) groups excluding carboxylic acids is 1. The number of esters is 1. The molecule has 0 spiro atoms. The first-order valence-corrected chi connectivity index (χ1v) is 5.97. The highest BCUT2D eigenvalue weighted by Gasteiger charge is 2.08. The van der Waals surface area contributed by atoms with Crippen molar-refractivity contribution >= 4 is 16.9 Å².